The lowest BCUT2D eigenvalue weighted by Gasteiger charge is -2.25. The molecule has 7 heteroatoms. The van der Waals surface area contributed by atoms with Gasteiger partial charge in [-0.15, -0.1) is 5.10 Å². The van der Waals surface area contributed by atoms with E-state index in [1.165, 1.54) is 0 Å². The number of hydrogen-bond donors (Lipinski definition) is 2. The SMILES string of the molecule is OC1CCC(Nc2nn3cc(-c4ccc(Cl)cc4)nc3s2)CC1. The van der Waals surface area contributed by atoms with Crippen molar-refractivity contribution < 1.29 is 5.11 Å². The molecular weight excluding hydrogens is 332 g/mol. The number of fused-ring (bicyclic) bond motifs is 1. The summed E-state index contributed by atoms with van der Waals surface area (Å²) in [5, 5.41) is 19.2. The lowest BCUT2D eigenvalue weighted by Crippen LogP contribution is -2.28. The average molecular weight is 349 g/mol. The molecule has 4 rings (SSSR count). The van der Waals surface area contributed by atoms with Crippen LogP contribution < -0.4 is 5.32 Å². The van der Waals surface area contributed by atoms with Gasteiger partial charge in [-0.3, -0.25) is 0 Å². The summed E-state index contributed by atoms with van der Waals surface area (Å²) in [6.07, 6.45) is 5.49. The number of aromatic nitrogens is 3. The smallest absolute Gasteiger partial charge is 0.214 e. The highest BCUT2D eigenvalue weighted by Gasteiger charge is 2.20. The molecule has 0 atom stereocenters. The van der Waals surface area contributed by atoms with Gasteiger partial charge in [-0.1, -0.05) is 35.1 Å². The average Bonchev–Trinajstić information content (AvgIpc) is 3.09. The third kappa shape index (κ3) is 3.20. The van der Waals surface area contributed by atoms with Gasteiger partial charge in [-0.2, -0.15) is 0 Å². The maximum atomic E-state index is 9.57. The molecule has 1 aliphatic carbocycles. The minimum absolute atomic E-state index is 0.136. The Hall–Kier alpha value is -1.63. The highest BCUT2D eigenvalue weighted by atomic mass is 35.5. The predicted octanol–water partition coefficient (Wildman–Crippen LogP) is 3.83. The Bertz CT molecular complexity index is 774. The fourth-order valence-electron chi connectivity index (χ4n) is 2.91. The van der Waals surface area contributed by atoms with Crippen LogP contribution in [-0.4, -0.2) is 31.9 Å². The molecule has 0 saturated heterocycles. The van der Waals surface area contributed by atoms with Crippen molar-refractivity contribution in [3.8, 4) is 11.3 Å². The summed E-state index contributed by atoms with van der Waals surface area (Å²) in [7, 11) is 0. The van der Waals surface area contributed by atoms with Gasteiger partial charge in [0.05, 0.1) is 18.0 Å². The number of anilines is 1. The second kappa shape index (κ2) is 6.11. The summed E-state index contributed by atoms with van der Waals surface area (Å²) in [5.41, 5.74) is 1.93. The number of nitrogens with one attached hydrogen (secondary N) is 1. The first-order valence-corrected chi connectivity index (χ1v) is 8.93. The minimum atomic E-state index is -0.136. The Morgan fingerprint density at radius 1 is 1.17 bits per heavy atom. The summed E-state index contributed by atoms with van der Waals surface area (Å²) in [5.74, 6) is 0. The van der Waals surface area contributed by atoms with Crippen LogP contribution in [0.15, 0.2) is 30.5 Å². The monoisotopic (exact) mass is 348 g/mol. The first-order chi connectivity index (χ1) is 11.2. The van der Waals surface area contributed by atoms with E-state index in [-0.39, 0.29) is 6.10 Å². The van der Waals surface area contributed by atoms with E-state index in [0.29, 0.717) is 6.04 Å². The standard InChI is InChI=1S/C16H17ClN4OS/c17-11-3-1-10(2-4-11)14-9-21-16(19-14)23-15(20-21)18-12-5-7-13(22)8-6-12/h1-4,9,12-13,22H,5-8H2,(H,18,20). The van der Waals surface area contributed by atoms with Crippen LogP contribution >= 0.6 is 22.9 Å². The van der Waals surface area contributed by atoms with Gasteiger partial charge >= 0.3 is 0 Å². The molecule has 0 aliphatic heterocycles. The van der Waals surface area contributed by atoms with Crippen molar-refractivity contribution >= 4 is 33.0 Å². The van der Waals surface area contributed by atoms with Crippen molar-refractivity contribution in [2.45, 2.75) is 37.8 Å². The Labute approximate surface area is 142 Å². The molecular formula is C16H17ClN4OS. The van der Waals surface area contributed by atoms with Crippen molar-refractivity contribution in [1.82, 2.24) is 14.6 Å². The van der Waals surface area contributed by atoms with Crippen LogP contribution in [0, 0.1) is 0 Å². The van der Waals surface area contributed by atoms with Crippen molar-refractivity contribution in [2.24, 2.45) is 0 Å². The van der Waals surface area contributed by atoms with E-state index in [1.54, 1.807) is 11.3 Å². The van der Waals surface area contributed by atoms with Crippen molar-refractivity contribution in [3.05, 3.63) is 35.5 Å². The van der Waals surface area contributed by atoms with Crippen molar-refractivity contribution in [2.75, 3.05) is 5.32 Å². The predicted molar refractivity (Wildman–Crippen MR) is 93.2 cm³/mol. The molecule has 0 bridgehead atoms. The molecule has 1 aromatic carbocycles. The van der Waals surface area contributed by atoms with Gasteiger partial charge in [0, 0.05) is 16.6 Å². The molecule has 2 heterocycles. The zero-order chi connectivity index (χ0) is 15.8. The van der Waals surface area contributed by atoms with Gasteiger partial charge in [0.15, 0.2) is 0 Å². The van der Waals surface area contributed by atoms with E-state index in [9.17, 15) is 5.11 Å². The van der Waals surface area contributed by atoms with E-state index in [1.807, 2.05) is 35.0 Å². The quantitative estimate of drug-likeness (QED) is 0.755. The van der Waals surface area contributed by atoms with E-state index in [0.717, 1.165) is 52.1 Å². The Kier molecular flexibility index (Phi) is 3.97. The van der Waals surface area contributed by atoms with Gasteiger partial charge < -0.3 is 10.4 Å². The van der Waals surface area contributed by atoms with Crippen LogP contribution in [-0.2, 0) is 0 Å². The lowest BCUT2D eigenvalue weighted by molar-refractivity contribution is 0.126. The highest BCUT2D eigenvalue weighted by Crippen LogP contribution is 2.28. The third-order valence-corrected chi connectivity index (χ3v) is 5.31. The number of rotatable bonds is 3. The number of aliphatic hydroxyl groups excluding tert-OH is 1. The van der Waals surface area contributed by atoms with Crippen molar-refractivity contribution in [1.29, 1.82) is 0 Å². The van der Waals surface area contributed by atoms with Gasteiger partial charge in [0.25, 0.3) is 0 Å². The number of hydrogen-bond acceptors (Lipinski definition) is 5. The van der Waals surface area contributed by atoms with E-state index in [4.69, 9.17) is 11.6 Å². The molecule has 3 aromatic rings. The van der Waals surface area contributed by atoms with Crippen LogP contribution in [0.4, 0.5) is 5.13 Å². The molecule has 0 unspecified atom stereocenters. The van der Waals surface area contributed by atoms with E-state index in [2.05, 4.69) is 15.4 Å². The van der Waals surface area contributed by atoms with E-state index < -0.39 is 0 Å². The van der Waals surface area contributed by atoms with Gasteiger partial charge in [0.2, 0.25) is 10.1 Å². The molecule has 2 N–H and O–H groups in total. The van der Waals surface area contributed by atoms with Gasteiger partial charge in [0.1, 0.15) is 0 Å². The highest BCUT2D eigenvalue weighted by molar-refractivity contribution is 7.20. The first-order valence-electron chi connectivity index (χ1n) is 7.74. The molecule has 1 saturated carbocycles. The van der Waals surface area contributed by atoms with Gasteiger partial charge in [-0.25, -0.2) is 9.50 Å². The Morgan fingerprint density at radius 3 is 2.61 bits per heavy atom. The summed E-state index contributed by atoms with van der Waals surface area (Å²) in [6, 6.07) is 8.04. The number of aliphatic hydroxyl groups is 1. The molecule has 0 radical (unpaired) electrons. The fraction of sp³-hybridized carbons (Fsp3) is 0.375. The number of imidazole rings is 1. The molecule has 23 heavy (non-hydrogen) atoms. The van der Waals surface area contributed by atoms with Crippen LogP contribution in [0.25, 0.3) is 16.2 Å². The van der Waals surface area contributed by atoms with Crippen LogP contribution in [0.5, 0.6) is 0 Å². The maximum Gasteiger partial charge on any atom is 0.214 e. The summed E-state index contributed by atoms with van der Waals surface area (Å²) < 4.78 is 1.81. The second-order valence-electron chi connectivity index (χ2n) is 5.92. The second-order valence-corrected chi connectivity index (χ2v) is 7.31. The largest absolute Gasteiger partial charge is 0.393 e. The first kappa shape index (κ1) is 14.9. The van der Waals surface area contributed by atoms with Crippen LogP contribution in [0.2, 0.25) is 5.02 Å². The molecule has 1 fully saturated rings. The maximum absolute atomic E-state index is 9.57. The van der Waals surface area contributed by atoms with Gasteiger partial charge in [-0.05, 0) is 37.8 Å². The molecule has 5 nitrogen and oxygen atoms in total. The lowest BCUT2D eigenvalue weighted by atomic mass is 9.93. The number of nitrogens with zero attached hydrogens (tertiary/aromatic N) is 3. The van der Waals surface area contributed by atoms with Crippen molar-refractivity contribution in [3.63, 3.8) is 0 Å². The zero-order valence-corrected chi connectivity index (χ0v) is 14.0. The molecule has 120 valence electrons. The fourth-order valence-corrected chi connectivity index (χ4v) is 3.90. The van der Waals surface area contributed by atoms with Crippen LogP contribution in [0.3, 0.4) is 0 Å². The Morgan fingerprint density at radius 2 is 1.91 bits per heavy atom. The topological polar surface area (TPSA) is 62.5 Å². The normalized spacial score (nSPS) is 21.7. The van der Waals surface area contributed by atoms with Crippen LogP contribution in [0.1, 0.15) is 25.7 Å². The molecule has 2 aromatic heterocycles. The summed E-state index contributed by atoms with van der Waals surface area (Å²) >= 11 is 7.47. The Balaban J connectivity index is 1.51. The molecule has 1 aliphatic rings. The summed E-state index contributed by atoms with van der Waals surface area (Å²) in [4.78, 5) is 5.50. The number of halogens is 1. The molecule has 0 amide bonds. The third-order valence-electron chi connectivity index (χ3n) is 4.21. The molecule has 0 spiro atoms. The van der Waals surface area contributed by atoms with E-state index >= 15 is 0 Å². The zero-order valence-electron chi connectivity index (χ0n) is 12.4. The number of benzene rings is 1. The summed E-state index contributed by atoms with van der Waals surface area (Å²) in [6.45, 7) is 0. The minimum Gasteiger partial charge on any atom is -0.393 e.